The van der Waals surface area contributed by atoms with E-state index in [9.17, 15) is 14.4 Å². The average Bonchev–Trinajstić information content (AvgIpc) is 3.10. The van der Waals surface area contributed by atoms with E-state index in [-0.39, 0.29) is 30.7 Å². The number of hydrogen-bond donors (Lipinski definition) is 2. The maximum Gasteiger partial charge on any atom is 0.323 e. The van der Waals surface area contributed by atoms with Crippen LogP contribution in [0.2, 0.25) is 0 Å². The van der Waals surface area contributed by atoms with Crippen molar-refractivity contribution >= 4 is 34.4 Å². The van der Waals surface area contributed by atoms with Crippen molar-refractivity contribution in [2.75, 3.05) is 18.4 Å². The highest BCUT2D eigenvalue weighted by Crippen LogP contribution is 2.23. The normalized spacial score (nSPS) is 17.5. The van der Waals surface area contributed by atoms with Gasteiger partial charge in [-0.15, -0.1) is 0 Å². The number of aliphatic carboxylic acids is 1. The van der Waals surface area contributed by atoms with E-state index in [0.717, 1.165) is 10.9 Å². The predicted molar refractivity (Wildman–Crippen MR) is 88.6 cm³/mol. The molecule has 1 saturated heterocycles. The zero-order valence-corrected chi connectivity index (χ0v) is 13.4. The standard InChI is InChI=1S/C17H19N3O4/c1-2-19-9-12(8-15(19)21)17(24)18-13-3-4-14-11(7-13)5-6-20(14)10-16(22)23/h3-7,12H,2,8-10H2,1H3,(H,18,24)(H,22,23). The summed E-state index contributed by atoms with van der Waals surface area (Å²) in [5, 5.41) is 12.6. The van der Waals surface area contributed by atoms with Crippen LogP contribution < -0.4 is 5.32 Å². The maximum absolute atomic E-state index is 12.3. The Labute approximate surface area is 138 Å². The zero-order chi connectivity index (χ0) is 17.3. The first-order chi connectivity index (χ1) is 11.5. The van der Waals surface area contributed by atoms with Crippen molar-refractivity contribution in [3.63, 3.8) is 0 Å². The molecule has 2 amide bonds. The monoisotopic (exact) mass is 329 g/mol. The third kappa shape index (κ3) is 3.10. The van der Waals surface area contributed by atoms with Gasteiger partial charge < -0.3 is 19.9 Å². The summed E-state index contributed by atoms with van der Waals surface area (Å²) in [5.41, 5.74) is 1.44. The van der Waals surface area contributed by atoms with Gasteiger partial charge in [0.05, 0.1) is 5.92 Å². The Kier molecular flexibility index (Phi) is 4.24. The number of carboxylic acid groups (broad SMARTS) is 1. The molecule has 2 N–H and O–H groups in total. The fraction of sp³-hybridized carbons (Fsp3) is 0.353. The Morgan fingerprint density at radius 2 is 2.12 bits per heavy atom. The van der Waals surface area contributed by atoms with E-state index in [4.69, 9.17) is 5.11 Å². The maximum atomic E-state index is 12.3. The summed E-state index contributed by atoms with van der Waals surface area (Å²) in [6, 6.07) is 7.14. The van der Waals surface area contributed by atoms with Crippen LogP contribution in [0.5, 0.6) is 0 Å². The molecule has 1 atom stereocenters. The van der Waals surface area contributed by atoms with Crippen molar-refractivity contribution in [2.24, 2.45) is 5.92 Å². The van der Waals surface area contributed by atoms with Gasteiger partial charge in [-0.05, 0) is 31.2 Å². The fourth-order valence-corrected chi connectivity index (χ4v) is 3.06. The largest absolute Gasteiger partial charge is 0.480 e. The van der Waals surface area contributed by atoms with E-state index in [0.29, 0.717) is 18.8 Å². The van der Waals surface area contributed by atoms with Gasteiger partial charge in [0.2, 0.25) is 11.8 Å². The first-order valence-electron chi connectivity index (χ1n) is 7.87. The predicted octanol–water partition coefficient (Wildman–Crippen LogP) is 1.53. The second-order valence-corrected chi connectivity index (χ2v) is 5.93. The lowest BCUT2D eigenvalue weighted by atomic mass is 10.1. The highest BCUT2D eigenvalue weighted by molar-refractivity contribution is 5.98. The summed E-state index contributed by atoms with van der Waals surface area (Å²) >= 11 is 0. The molecule has 1 unspecified atom stereocenters. The van der Waals surface area contributed by atoms with Crippen LogP contribution in [0.3, 0.4) is 0 Å². The van der Waals surface area contributed by atoms with Crippen LogP contribution in [0.15, 0.2) is 30.5 Å². The molecule has 3 rings (SSSR count). The van der Waals surface area contributed by atoms with Crippen LogP contribution in [-0.2, 0) is 20.9 Å². The minimum atomic E-state index is -0.906. The lowest BCUT2D eigenvalue weighted by molar-refractivity contribution is -0.137. The number of rotatable bonds is 5. The van der Waals surface area contributed by atoms with Gasteiger partial charge in [-0.2, -0.15) is 0 Å². The second-order valence-electron chi connectivity index (χ2n) is 5.93. The number of hydrogen-bond acceptors (Lipinski definition) is 3. The van der Waals surface area contributed by atoms with E-state index in [1.165, 1.54) is 0 Å². The quantitative estimate of drug-likeness (QED) is 0.870. The van der Waals surface area contributed by atoms with Gasteiger partial charge in [0.15, 0.2) is 0 Å². The molecule has 1 fully saturated rings. The molecule has 7 nitrogen and oxygen atoms in total. The van der Waals surface area contributed by atoms with Crippen molar-refractivity contribution in [2.45, 2.75) is 19.9 Å². The number of likely N-dealkylation sites (tertiary alicyclic amines) is 1. The number of carbonyl (C=O) groups is 3. The first-order valence-corrected chi connectivity index (χ1v) is 7.87. The Balaban J connectivity index is 1.73. The Bertz CT molecular complexity index is 811. The lowest BCUT2D eigenvalue weighted by Crippen LogP contribution is -2.28. The molecular formula is C17H19N3O4. The number of amides is 2. The molecule has 2 aromatic rings. The van der Waals surface area contributed by atoms with E-state index in [2.05, 4.69) is 5.32 Å². The third-order valence-electron chi connectivity index (χ3n) is 4.31. The average molecular weight is 329 g/mol. The van der Waals surface area contributed by atoms with Gasteiger partial charge in [0, 0.05) is 42.3 Å². The lowest BCUT2D eigenvalue weighted by Gasteiger charge is -2.13. The second kappa shape index (κ2) is 6.35. The molecule has 0 radical (unpaired) electrons. The van der Waals surface area contributed by atoms with E-state index in [1.807, 2.05) is 13.0 Å². The zero-order valence-electron chi connectivity index (χ0n) is 13.4. The summed E-state index contributed by atoms with van der Waals surface area (Å²) in [7, 11) is 0. The van der Waals surface area contributed by atoms with E-state index >= 15 is 0 Å². The molecule has 24 heavy (non-hydrogen) atoms. The number of nitrogens with one attached hydrogen (secondary N) is 1. The fourth-order valence-electron chi connectivity index (χ4n) is 3.06. The van der Waals surface area contributed by atoms with Gasteiger partial charge in [-0.3, -0.25) is 14.4 Å². The van der Waals surface area contributed by atoms with Crippen LogP contribution in [-0.4, -0.2) is 45.4 Å². The molecule has 0 spiro atoms. The summed E-state index contributed by atoms with van der Waals surface area (Å²) in [6.45, 7) is 2.87. The number of nitrogens with zero attached hydrogens (tertiary/aromatic N) is 2. The molecule has 7 heteroatoms. The molecule has 2 heterocycles. The van der Waals surface area contributed by atoms with Crippen molar-refractivity contribution in [1.82, 2.24) is 9.47 Å². The van der Waals surface area contributed by atoms with Crippen LogP contribution in [0.4, 0.5) is 5.69 Å². The van der Waals surface area contributed by atoms with Crippen LogP contribution in [0, 0.1) is 5.92 Å². The van der Waals surface area contributed by atoms with Crippen molar-refractivity contribution < 1.29 is 19.5 Å². The highest BCUT2D eigenvalue weighted by Gasteiger charge is 2.33. The van der Waals surface area contributed by atoms with Crippen molar-refractivity contribution in [1.29, 1.82) is 0 Å². The Morgan fingerprint density at radius 1 is 1.33 bits per heavy atom. The number of benzene rings is 1. The number of anilines is 1. The molecule has 0 aliphatic carbocycles. The van der Waals surface area contributed by atoms with Gasteiger partial charge >= 0.3 is 5.97 Å². The molecule has 126 valence electrons. The molecule has 0 bridgehead atoms. The van der Waals surface area contributed by atoms with Crippen LogP contribution in [0.25, 0.3) is 10.9 Å². The number of aromatic nitrogens is 1. The summed E-state index contributed by atoms with van der Waals surface area (Å²) in [4.78, 5) is 36.6. The summed E-state index contributed by atoms with van der Waals surface area (Å²) < 4.78 is 1.64. The smallest absolute Gasteiger partial charge is 0.323 e. The van der Waals surface area contributed by atoms with Gasteiger partial charge in [0.1, 0.15) is 6.54 Å². The van der Waals surface area contributed by atoms with Crippen molar-refractivity contribution in [3.05, 3.63) is 30.5 Å². The SMILES string of the molecule is CCN1CC(C(=O)Nc2ccc3c(ccn3CC(=O)O)c2)CC1=O. The minimum Gasteiger partial charge on any atom is -0.480 e. The number of carbonyl (C=O) groups excluding carboxylic acids is 2. The van der Waals surface area contributed by atoms with Gasteiger partial charge in [-0.1, -0.05) is 0 Å². The van der Waals surface area contributed by atoms with Crippen molar-refractivity contribution in [3.8, 4) is 0 Å². The topological polar surface area (TPSA) is 91.6 Å². The molecule has 1 aliphatic heterocycles. The van der Waals surface area contributed by atoms with Gasteiger partial charge in [0.25, 0.3) is 0 Å². The first kappa shape index (κ1) is 16.0. The Morgan fingerprint density at radius 3 is 2.79 bits per heavy atom. The van der Waals surface area contributed by atoms with Crippen LogP contribution in [0.1, 0.15) is 13.3 Å². The molecule has 0 saturated carbocycles. The summed E-state index contributed by atoms with van der Waals surface area (Å²) in [5.74, 6) is -1.39. The molecule has 1 aromatic heterocycles. The van der Waals surface area contributed by atoms with Crippen LogP contribution >= 0.6 is 0 Å². The summed E-state index contributed by atoms with van der Waals surface area (Å²) in [6.07, 6.45) is 1.95. The highest BCUT2D eigenvalue weighted by atomic mass is 16.4. The van der Waals surface area contributed by atoms with E-state index in [1.54, 1.807) is 33.9 Å². The molecule has 1 aliphatic rings. The number of carboxylic acids is 1. The minimum absolute atomic E-state index is 0.0128. The molecule has 1 aromatic carbocycles. The van der Waals surface area contributed by atoms with E-state index < -0.39 is 5.97 Å². The third-order valence-corrected chi connectivity index (χ3v) is 4.31. The van der Waals surface area contributed by atoms with Gasteiger partial charge in [-0.25, -0.2) is 0 Å². The number of fused-ring (bicyclic) bond motifs is 1. The molecular weight excluding hydrogens is 310 g/mol. The Hall–Kier alpha value is -2.83.